The Balaban J connectivity index is 2.06. The molecule has 0 aliphatic rings. The summed E-state index contributed by atoms with van der Waals surface area (Å²) in [5, 5.41) is 4.96. The molecule has 8 heteroatoms. The summed E-state index contributed by atoms with van der Waals surface area (Å²) in [5.74, 6) is -1.84. The predicted octanol–water partition coefficient (Wildman–Crippen LogP) is 6.07. The first-order valence-electron chi connectivity index (χ1n) is 9.59. The fraction of sp³-hybridized carbons (Fsp3) is 0.318. The Morgan fingerprint density at radius 2 is 1.83 bits per heavy atom. The van der Waals surface area contributed by atoms with Gasteiger partial charge in [0.25, 0.3) is 5.91 Å². The maximum Gasteiger partial charge on any atom is 0.254 e. The molecule has 0 aliphatic heterocycles. The van der Waals surface area contributed by atoms with Gasteiger partial charge >= 0.3 is 0 Å². The van der Waals surface area contributed by atoms with Gasteiger partial charge in [-0.25, -0.2) is 13.8 Å². The fourth-order valence-electron chi connectivity index (χ4n) is 3.51. The molecule has 1 aromatic carbocycles. The summed E-state index contributed by atoms with van der Waals surface area (Å²) in [4.78, 5) is 17.6. The van der Waals surface area contributed by atoms with Crippen molar-refractivity contribution in [2.75, 3.05) is 0 Å². The highest BCUT2D eigenvalue weighted by atomic mass is 127. The number of fused-ring (bicyclic) bond motifs is 2. The van der Waals surface area contributed by atoms with E-state index < -0.39 is 17.0 Å². The Morgan fingerprint density at radius 1 is 1.13 bits per heavy atom. The highest BCUT2D eigenvalue weighted by Gasteiger charge is 2.27. The van der Waals surface area contributed by atoms with Crippen molar-refractivity contribution >= 4 is 50.6 Å². The summed E-state index contributed by atoms with van der Waals surface area (Å²) in [6.45, 7) is 9.58. The Hall–Kier alpha value is -2.36. The number of carbonyl (C=O) groups excluding carboxylic acids is 1. The molecule has 0 N–H and O–H groups in total. The van der Waals surface area contributed by atoms with Crippen molar-refractivity contribution in [2.45, 2.75) is 40.5 Å². The van der Waals surface area contributed by atoms with Gasteiger partial charge in [-0.1, -0.05) is 34.6 Å². The summed E-state index contributed by atoms with van der Waals surface area (Å²) in [6, 6.07) is 5.76. The molecular weight excluding hydrogens is 501 g/mol. The van der Waals surface area contributed by atoms with Crippen molar-refractivity contribution in [3.63, 3.8) is 0 Å². The van der Waals surface area contributed by atoms with E-state index in [0.29, 0.717) is 22.2 Å². The largest absolute Gasteiger partial charge is 0.311 e. The van der Waals surface area contributed by atoms with Crippen molar-refractivity contribution < 1.29 is 13.6 Å². The van der Waals surface area contributed by atoms with Crippen molar-refractivity contribution in [1.82, 2.24) is 19.3 Å². The third-order valence-corrected chi connectivity index (χ3v) is 6.04. The van der Waals surface area contributed by atoms with E-state index in [4.69, 9.17) is 4.98 Å². The van der Waals surface area contributed by atoms with Crippen LogP contribution in [-0.4, -0.2) is 25.2 Å². The molecule has 4 rings (SSSR count). The van der Waals surface area contributed by atoms with Crippen LogP contribution in [0.2, 0.25) is 0 Å². The van der Waals surface area contributed by atoms with Gasteiger partial charge in [0.05, 0.1) is 15.3 Å². The van der Waals surface area contributed by atoms with Gasteiger partial charge in [-0.05, 0) is 46.7 Å². The quantitative estimate of drug-likeness (QED) is 0.301. The van der Waals surface area contributed by atoms with Crippen LogP contribution in [0.1, 0.15) is 51.0 Å². The maximum atomic E-state index is 14.0. The Morgan fingerprint density at radius 3 is 2.43 bits per heavy atom. The SMILES string of the molecule is CC(C)c1c(I)c2nc3c(cnn3C(=O)C(C)(C)C)cc2n1-c1ccc(F)c(F)c1. The molecule has 0 radical (unpaired) electrons. The minimum absolute atomic E-state index is 0.107. The minimum atomic E-state index is -0.906. The summed E-state index contributed by atoms with van der Waals surface area (Å²) >= 11 is 2.23. The molecule has 0 bridgehead atoms. The monoisotopic (exact) mass is 522 g/mol. The fourth-order valence-corrected chi connectivity index (χ4v) is 4.77. The van der Waals surface area contributed by atoms with Gasteiger partial charge in [0.1, 0.15) is 5.52 Å². The Bertz CT molecular complexity index is 1310. The third-order valence-electron chi connectivity index (χ3n) is 4.98. The highest BCUT2D eigenvalue weighted by molar-refractivity contribution is 14.1. The van der Waals surface area contributed by atoms with E-state index in [1.54, 1.807) is 12.3 Å². The number of hydrogen-bond acceptors (Lipinski definition) is 3. The smallest absolute Gasteiger partial charge is 0.254 e. The van der Waals surface area contributed by atoms with Crippen molar-refractivity contribution in [2.24, 2.45) is 5.41 Å². The van der Waals surface area contributed by atoms with Gasteiger partial charge in [-0.3, -0.25) is 4.79 Å². The molecular formula is C22H21F2IN4O. The molecule has 0 atom stereocenters. The summed E-state index contributed by atoms with van der Waals surface area (Å²) in [6.07, 6.45) is 1.61. The highest BCUT2D eigenvalue weighted by Crippen LogP contribution is 2.36. The van der Waals surface area contributed by atoms with Gasteiger partial charge < -0.3 is 4.57 Å². The van der Waals surface area contributed by atoms with Gasteiger partial charge in [0, 0.05) is 28.2 Å². The van der Waals surface area contributed by atoms with Crippen LogP contribution in [0.4, 0.5) is 8.78 Å². The molecule has 30 heavy (non-hydrogen) atoms. The average Bonchev–Trinajstić information content (AvgIpc) is 3.19. The third kappa shape index (κ3) is 3.21. The van der Waals surface area contributed by atoms with Crippen LogP contribution >= 0.6 is 22.6 Å². The second-order valence-electron chi connectivity index (χ2n) is 8.67. The van der Waals surface area contributed by atoms with Crippen molar-refractivity contribution in [1.29, 1.82) is 0 Å². The predicted molar refractivity (Wildman–Crippen MR) is 121 cm³/mol. The van der Waals surface area contributed by atoms with Crippen LogP contribution in [-0.2, 0) is 0 Å². The average molecular weight is 522 g/mol. The van der Waals surface area contributed by atoms with Crippen LogP contribution < -0.4 is 0 Å². The number of benzene rings is 1. The summed E-state index contributed by atoms with van der Waals surface area (Å²) in [5.41, 5.74) is 2.79. The molecule has 0 spiro atoms. The van der Waals surface area contributed by atoms with Crippen LogP contribution in [0.15, 0.2) is 30.5 Å². The lowest BCUT2D eigenvalue weighted by atomic mass is 9.96. The van der Waals surface area contributed by atoms with E-state index in [-0.39, 0.29) is 11.8 Å². The lowest BCUT2D eigenvalue weighted by molar-refractivity contribution is 0.0754. The van der Waals surface area contributed by atoms with E-state index in [1.165, 1.54) is 10.7 Å². The molecule has 3 aromatic heterocycles. The van der Waals surface area contributed by atoms with Crippen molar-refractivity contribution in [3.8, 4) is 5.69 Å². The molecule has 0 saturated heterocycles. The van der Waals surface area contributed by atoms with Crippen LogP contribution in [0, 0.1) is 20.6 Å². The minimum Gasteiger partial charge on any atom is -0.311 e. The lowest BCUT2D eigenvalue weighted by Crippen LogP contribution is -2.27. The first-order valence-corrected chi connectivity index (χ1v) is 10.7. The standard InChI is InChI=1S/C22H21F2IN4O/c1-11(2)19-17(25)18-16(28(19)13-6-7-14(23)15(24)9-13)8-12-10-26-29(20(12)27-18)21(30)22(3,4)5/h6-11H,1-5H3. The van der Waals surface area contributed by atoms with Gasteiger partial charge in [-0.2, -0.15) is 9.78 Å². The van der Waals surface area contributed by atoms with E-state index >= 15 is 0 Å². The number of aromatic nitrogens is 4. The van der Waals surface area contributed by atoms with E-state index in [0.717, 1.165) is 20.8 Å². The lowest BCUT2D eigenvalue weighted by Gasteiger charge is -2.16. The zero-order chi connectivity index (χ0) is 22.0. The van der Waals surface area contributed by atoms with Crippen LogP contribution in [0.5, 0.6) is 0 Å². The zero-order valence-corrected chi connectivity index (χ0v) is 19.5. The molecule has 0 aliphatic carbocycles. The number of rotatable bonds is 2. The second kappa shape index (κ2) is 7.11. The van der Waals surface area contributed by atoms with Gasteiger partial charge in [0.2, 0.25) is 0 Å². The van der Waals surface area contributed by atoms with Crippen molar-refractivity contribution in [3.05, 3.63) is 51.4 Å². The molecule has 0 fully saturated rings. The summed E-state index contributed by atoms with van der Waals surface area (Å²) in [7, 11) is 0. The topological polar surface area (TPSA) is 52.7 Å². The Labute approximate surface area is 186 Å². The maximum absolute atomic E-state index is 14.0. The number of hydrogen-bond donors (Lipinski definition) is 0. The Kier molecular flexibility index (Phi) is 4.95. The van der Waals surface area contributed by atoms with E-state index in [1.807, 2.05) is 45.3 Å². The molecule has 0 saturated carbocycles. The zero-order valence-electron chi connectivity index (χ0n) is 17.3. The first kappa shape index (κ1) is 20.9. The molecule has 3 heterocycles. The second-order valence-corrected chi connectivity index (χ2v) is 9.75. The summed E-state index contributed by atoms with van der Waals surface area (Å²) < 4.78 is 31.7. The normalized spacial score (nSPS) is 12.4. The van der Waals surface area contributed by atoms with E-state index in [9.17, 15) is 13.6 Å². The number of pyridine rings is 1. The molecule has 0 amide bonds. The number of halogens is 3. The molecule has 5 nitrogen and oxygen atoms in total. The molecule has 156 valence electrons. The number of nitrogens with zero attached hydrogens (tertiary/aromatic N) is 4. The molecule has 4 aromatic rings. The van der Waals surface area contributed by atoms with Gasteiger partial charge in [0.15, 0.2) is 17.3 Å². The van der Waals surface area contributed by atoms with Crippen LogP contribution in [0.3, 0.4) is 0 Å². The first-order chi connectivity index (χ1) is 14.0. The number of carbonyl (C=O) groups is 1. The van der Waals surface area contributed by atoms with Gasteiger partial charge in [-0.15, -0.1) is 0 Å². The molecule has 0 unspecified atom stereocenters. The van der Waals surface area contributed by atoms with Crippen LogP contribution in [0.25, 0.3) is 27.8 Å². The van der Waals surface area contributed by atoms with E-state index in [2.05, 4.69) is 27.7 Å².